The van der Waals surface area contributed by atoms with Gasteiger partial charge in [-0.25, -0.2) is 4.68 Å². The molecule has 8 heteroatoms. The summed E-state index contributed by atoms with van der Waals surface area (Å²) in [5, 5.41) is 18.3. The standard InChI is InChI=1S/C20H19ClN4O3/c1-20(2,3)17-12-18(24(23-17)13-7-5-4-6-8-13)22-19(26)15-10-9-14(25(27)28)11-16(15)21/h4-12H,1-3H3,(H,22,26). The lowest BCUT2D eigenvalue weighted by molar-refractivity contribution is -0.384. The van der Waals surface area contributed by atoms with Crippen molar-refractivity contribution in [2.45, 2.75) is 26.2 Å². The molecule has 0 fully saturated rings. The van der Waals surface area contributed by atoms with E-state index in [2.05, 4.69) is 10.4 Å². The van der Waals surface area contributed by atoms with Crippen molar-refractivity contribution >= 4 is 29.0 Å². The molecule has 0 saturated carbocycles. The quantitative estimate of drug-likeness (QED) is 0.495. The van der Waals surface area contributed by atoms with Crippen LogP contribution in [0.25, 0.3) is 5.69 Å². The minimum Gasteiger partial charge on any atom is -0.306 e. The van der Waals surface area contributed by atoms with E-state index in [0.29, 0.717) is 5.82 Å². The summed E-state index contributed by atoms with van der Waals surface area (Å²) < 4.78 is 1.65. The third-order valence-corrected chi connectivity index (χ3v) is 4.44. The average molecular weight is 399 g/mol. The van der Waals surface area contributed by atoms with Gasteiger partial charge in [-0.2, -0.15) is 5.10 Å². The van der Waals surface area contributed by atoms with E-state index in [0.717, 1.165) is 17.4 Å². The maximum absolute atomic E-state index is 12.8. The van der Waals surface area contributed by atoms with Crippen molar-refractivity contribution in [3.8, 4) is 5.69 Å². The molecule has 0 aliphatic heterocycles. The van der Waals surface area contributed by atoms with Crippen molar-refractivity contribution in [1.29, 1.82) is 0 Å². The van der Waals surface area contributed by atoms with Crippen LogP contribution in [0.1, 0.15) is 36.8 Å². The van der Waals surface area contributed by atoms with Crippen LogP contribution in [-0.2, 0) is 5.41 Å². The molecule has 1 N–H and O–H groups in total. The second-order valence-corrected chi connectivity index (χ2v) is 7.69. The van der Waals surface area contributed by atoms with Gasteiger partial charge in [0.15, 0.2) is 0 Å². The first-order chi connectivity index (χ1) is 13.2. The fourth-order valence-electron chi connectivity index (χ4n) is 2.59. The number of nitrogens with one attached hydrogen (secondary N) is 1. The summed E-state index contributed by atoms with van der Waals surface area (Å²) in [6.45, 7) is 6.09. The second kappa shape index (κ2) is 7.44. The molecule has 1 amide bonds. The molecule has 0 unspecified atom stereocenters. The lowest BCUT2D eigenvalue weighted by Crippen LogP contribution is -2.15. The molecule has 28 heavy (non-hydrogen) atoms. The minimum atomic E-state index is -0.562. The highest BCUT2D eigenvalue weighted by Gasteiger charge is 2.22. The topological polar surface area (TPSA) is 90.1 Å². The molecule has 3 aromatic rings. The molecular formula is C20H19ClN4O3. The van der Waals surface area contributed by atoms with E-state index in [1.807, 2.05) is 57.2 Å². The fourth-order valence-corrected chi connectivity index (χ4v) is 2.85. The number of carbonyl (C=O) groups excluding carboxylic acids is 1. The summed E-state index contributed by atoms with van der Waals surface area (Å²) in [5.41, 5.74) is 1.35. The summed E-state index contributed by atoms with van der Waals surface area (Å²) in [7, 11) is 0. The zero-order chi connectivity index (χ0) is 20.5. The summed E-state index contributed by atoms with van der Waals surface area (Å²) in [6, 6.07) is 15.0. The number of aromatic nitrogens is 2. The zero-order valence-corrected chi connectivity index (χ0v) is 16.4. The first kappa shape index (κ1) is 19.6. The first-order valence-electron chi connectivity index (χ1n) is 8.58. The van der Waals surface area contributed by atoms with E-state index >= 15 is 0 Å². The van der Waals surface area contributed by atoms with Crippen LogP contribution in [0.2, 0.25) is 5.02 Å². The number of nitrogens with zero attached hydrogens (tertiary/aromatic N) is 3. The summed E-state index contributed by atoms with van der Waals surface area (Å²) in [5.74, 6) is 0.00739. The lowest BCUT2D eigenvalue weighted by atomic mass is 9.92. The van der Waals surface area contributed by atoms with Crippen molar-refractivity contribution in [2.75, 3.05) is 5.32 Å². The Balaban J connectivity index is 1.98. The van der Waals surface area contributed by atoms with E-state index in [4.69, 9.17) is 11.6 Å². The maximum atomic E-state index is 12.8. The number of benzene rings is 2. The number of non-ortho nitro benzene ring substituents is 1. The van der Waals surface area contributed by atoms with Gasteiger partial charge in [0.05, 0.1) is 26.9 Å². The van der Waals surface area contributed by atoms with Crippen molar-refractivity contribution < 1.29 is 9.72 Å². The molecule has 0 radical (unpaired) electrons. The number of nitro groups is 1. The lowest BCUT2D eigenvalue weighted by Gasteiger charge is -2.14. The van der Waals surface area contributed by atoms with Crippen LogP contribution in [0.15, 0.2) is 54.6 Å². The largest absolute Gasteiger partial charge is 0.306 e. The molecule has 0 atom stereocenters. The number of carbonyl (C=O) groups is 1. The third-order valence-electron chi connectivity index (χ3n) is 4.13. The highest BCUT2D eigenvalue weighted by atomic mass is 35.5. The monoisotopic (exact) mass is 398 g/mol. The molecule has 1 heterocycles. The minimum absolute atomic E-state index is 0.00789. The number of hydrogen-bond donors (Lipinski definition) is 1. The predicted octanol–water partition coefficient (Wildman–Crippen LogP) is 4.98. The van der Waals surface area contributed by atoms with E-state index in [-0.39, 0.29) is 21.7 Å². The van der Waals surface area contributed by atoms with Crippen LogP contribution in [-0.4, -0.2) is 20.6 Å². The molecule has 0 spiro atoms. The predicted molar refractivity (Wildman–Crippen MR) is 108 cm³/mol. The Labute approximate surface area is 167 Å². The fraction of sp³-hybridized carbons (Fsp3) is 0.200. The first-order valence-corrected chi connectivity index (χ1v) is 8.96. The van der Waals surface area contributed by atoms with Crippen molar-refractivity contribution in [1.82, 2.24) is 9.78 Å². The van der Waals surface area contributed by atoms with Crippen LogP contribution in [0.3, 0.4) is 0 Å². The third kappa shape index (κ3) is 4.04. The highest BCUT2D eigenvalue weighted by Crippen LogP contribution is 2.28. The highest BCUT2D eigenvalue weighted by molar-refractivity contribution is 6.34. The van der Waals surface area contributed by atoms with Gasteiger partial charge in [-0.15, -0.1) is 0 Å². The number of anilines is 1. The summed E-state index contributed by atoms with van der Waals surface area (Å²) >= 11 is 6.08. The molecular weight excluding hydrogens is 380 g/mol. The van der Waals surface area contributed by atoms with Gasteiger partial charge in [-0.05, 0) is 18.2 Å². The van der Waals surface area contributed by atoms with Crippen molar-refractivity contribution in [3.05, 3.63) is 81.0 Å². The van der Waals surface area contributed by atoms with E-state index in [9.17, 15) is 14.9 Å². The van der Waals surface area contributed by atoms with Crippen LogP contribution >= 0.6 is 11.6 Å². The van der Waals surface area contributed by atoms with Crippen LogP contribution < -0.4 is 5.32 Å². The van der Waals surface area contributed by atoms with Crippen LogP contribution in [0, 0.1) is 10.1 Å². The van der Waals surface area contributed by atoms with Crippen molar-refractivity contribution in [3.63, 3.8) is 0 Å². The van der Waals surface area contributed by atoms with Gasteiger partial charge in [0.25, 0.3) is 11.6 Å². The van der Waals surface area contributed by atoms with Gasteiger partial charge < -0.3 is 5.32 Å². The molecule has 0 bridgehead atoms. The average Bonchev–Trinajstić information content (AvgIpc) is 3.06. The molecule has 1 aromatic heterocycles. The summed E-state index contributed by atoms with van der Waals surface area (Å²) in [6.07, 6.45) is 0. The number of rotatable bonds is 4. The van der Waals surface area contributed by atoms with Crippen LogP contribution in [0.4, 0.5) is 11.5 Å². The van der Waals surface area contributed by atoms with Gasteiger partial charge in [-0.1, -0.05) is 50.6 Å². The Bertz CT molecular complexity index is 1040. The van der Waals surface area contributed by atoms with E-state index in [1.54, 1.807) is 4.68 Å². The van der Waals surface area contributed by atoms with Crippen molar-refractivity contribution in [2.24, 2.45) is 0 Å². The Morgan fingerprint density at radius 3 is 2.39 bits per heavy atom. The number of hydrogen-bond acceptors (Lipinski definition) is 4. The number of amides is 1. The van der Waals surface area contributed by atoms with Gasteiger partial charge in [-0.3, -0.25) is 14.9 Å². The van der Waals surface area contributed by atoms with Gasteiger partial charge in [0, 0.05) is 23.6 Å². The Hall–Kier alpha value is -3.19. The Morgan fingerprint density at radius 2 is 1.82 bits per heavy atom. The van der Waals surface area contributed by atoms with E-state index < -0.39 is 10.8 Å². The molecule has 0 aliphatic carbocycles. The second-order valence-electron chi connectivity index (χ2n) is 7.29. The molecule has 3 rings (SSSR count). The number of nitro benzene ring substituents is 1. The molecule has 144 valence electrons. The Morgan fingerprint density at radius 1 is 1.14 bits per heavy atom. The van der Waals surface area contributed by atoms with Gasteiger partial charge in [0.1, 0.15) is 5.82 Å². The molecule has 7 nitrogen and oxygen atoms in total. The SMILES string of the molecule is CC(C)(C)c1cc(NC(=O)c2ccc([N+](=O)[O-])cc2Cl)n(-c2ccccc2)n1. The molecule has 0 aliphatic rings. The molecule has 2 aromatic carbocycles. The smallest absolute Gasteiger partial charge is 0.270 e. The maximum Gasteiger partial charge on any atom is 0.270 e. The normalized spacial score (nSPS) is 11.3. The zero-order valence-electron chi connectivity index (χ0n) is 15.6. The van der Waals surface area contributed by atoms with Crippen LogP contribution in [0.5, 0.6) is 0 Å². The number of halogens is 1. The molecule has 0 saturated heterocycles. The Kier molecular flexibility index (Phi) is 5.20. The van der Waals surface area contributed by atoms with Gasteiger partial charge in [0.2, 0.25) is 0 Å². The number of para-hydroxylation sites is 1. The van der Waals surface area contributed by atoms with Gasteiger partial charge >= 0.3 is 0 Å². The van der Waals surface area contributed by atoms with E-state index in [1.165, 1.54) is 12.1 Å². The summed E-state index contributed by atoms with van der Waals surface area (Å²) in [4.78, 5) is 23.0.